The highest BCUT2D eigenvalue weighted by Crippen LogP contribution is 2.22. The van der Waals surface area contributed by atoms with Crippen LogP contribution in [0.2, 0.25) is 0 Å². The lowest BCUT2D eigenvalue weighted by Crippen LogP contribution is -2.34. The number of rotatable bonds is 0. The maximum atomic E-state index is 9.17. The van der Waals surface area contributed by atoms with E-state index in [4.69, 9.17) is 5.73 Å². The summed E-state index contributed by atoms with van der Waals surface area (Å²) in [6, 6.07) is 0.240. The van der Waals surface area contributed by atoms with Gasteiger partial charge in [0.15, 0.2) is 0 Å². The molecule has 68 valence electrons. The lowest BCUT2D eigenvalue weighted by atomic mass is 9.86. The second kappa shape index (κ2) is 5.56. The van der Waals surface area contributed by atoms with Crippen LogP contribution in [0.15, 0.2) is 0 Å². The highest BCUT2D eigenvalue weighted by molar-refractivity contribution is 4.77. The number of aliphatic hydroxyl groups excluding tert-OH is 1. The van der Waals surface area contributed by atoms with Crippen molar-refractivity contribution in [1.29, 1.82) is 0 Å². The van der Waals surface area contributed by atoms with Crippen molar-refractivity contribution in [2.24, 2.45) is 11.7 Å². The van der Waals surface area contributed by atoms with Gasteiger partial charge >= 0.3 is 0 Å². The Morgan fingerprint density at radius 1 is 1.18 bits per heavy atom. The Morgan fingerprint density at radius 2 is 1.73 bits per heavy atom. The summed E-state index contributed by atoms with van der Waals surface area (Å²) in [7, 11) is 0. The molecule has 0 bridgehead atoms. The molecule has 1 rings (SSSR count). The first kappa shape index (κ1) is 10.9. The van der Waals surface area contributed by atoms with E-state index in [0.717, 1.165) is 19.3 Å². The first-order chi connectivity index (χ1) is 5.18. The molecular formula is C9H21NO. The Hall–Kier alpha value is -0.0800. The van der Waals surface area contributed by atoms with Crippen LogP contribution < -0.4 is 5.73 Å². The summed E-state index contributed by atoms with van der Waals surface area (Å²) in [4.78, 5) is 0. The highest BCUT2D eigenvalue weighted by atomic mass is 16.3. The third-order valence-electron chi connectivity index (χ3n) is 1.95. The van der Waals surface area contributed by atoms with Gasteiger partial charge in [-0.05, 0) is 25.2 Å². The van der Waals surface area contributed by atoms with Crippen molar-refractivity contribution in [1.82, 2.24) is 0 Å². The topological polar surface area (TPSA) is 46.2 Å². The molecule has 3 atom stereocenters. The van der Waals surface area contributed by atoms with E-state index in [1.807, 2.05) is 13.8 Å². The molecule has 0 aromatic rings. The molecule has 2 nitrogen and oxygen atoms in total. The number of nitrogens with two attached hydrogens (primary N) is 1. The number of hydrogen-bond donors (Lipinski definition) is 2. The van der Waals surface area contributed by atoms with Crippen LogP contribution in [0.5, 0.6) is 0 Å². The molecule has 0 saturated heterocycles. The average molecular weight is 159 g/mol. The monoisotopic (exact) mass is 159 g/mol. The molecule has 0 spiro atoms. The van der Waals surface area contributed by atoms with Crippen LogP contribution in [0.25, 0.3) is 0 Å². The summed E-state index contributed by atoms with van der Waals surface area (Å²) in [6.45, 7) is 6.14. The predicted octanol–water partition coefficient (Wildman–Crippen LogP) is 1.52. The maximum Gasteiger partial charge on any atom is 0.0557 e. The minimum Gasteiger partial charge on any atom is -0.393 e. The standard InChI is InChI=1S/C7H15NO.C2H6/c1-5-2-6(8)4-7(9)3-5;1-2/h5-7,9H,2-4,8H2,1H3;1-2H3. The van der Waals surface area contributed by atoms with Gasteiger partial charge in [0.25, 0.3) is 0 Å². The largest absolute Gasteiger partial charge is 0.393 e. The molecule has 2 heteroatoms. The van der Waals surface area contributed by atoms with Gasteiger partial charge in [0.1, 0.15) is 0 Å². The summed E-state index contributed by atoms with van der Waals surface area (Å²) in [5, 5.41) is 9.17. The third-order valence-corrected chi connectivity index (χ3v) is 1.95. The van der Waals surface area contributed by atoms with Crippen LogP contribution in [-0.4, -0.2) is 17.3 Å². The Kier molecular flexibility index (Phi) is 5.51. The summed E-state index contributed by atoms with van der Waals surface area (Å²) in [6.07, 6.45) is 2.68. The lowest BCUT2D eigenvalue weighted by Gasteiger charge is -2.27. The molecule has 1 aliphatic carbocycles. The zero-order valence-electron chi connectivity index (χ0n) is 7.88. The van der Waals surface area contributed by atoms with Gasteiger partial charge in [0, 0.05) is 6.04 Å². The van der Waals surface area contributed by atoms with Gasteiger partial charge < -0.3 is 10.8 Å². The van der Waals surface area contributed by atoms with Crippen LogP contribution in [0, 0.1) is 5.92 Å². The van der Waals surface area contributed by atoms with Crippen molar-refractivity contribution in [2.75, 3.05) is 0 Å². The Balaban J connectivity index is 0.000000461. The van der Waals surface area contributed by atoms with Gasteiger partial charge in [-0.25, -0.2) is 0 Å². The average Bonchev–Trinajstić information content (AvgIpc) is 1.88. The van der Waals surface area contributed by atoms with E-state index in [1.54, 1.807) is 0 Å². The molecule has 11 heavy (non-hydrogen) atoms. The molecule has 3 unspecified atom stereocenters. The summed E-state index contributed by atoms with van der Waals surface area (Å²) in [5.41, 5.74) is 5.66. The van der Waals surface area contributed by atoms with Gasteiger partial charge in [0.05, 0.1) is 6.10 Å². The zero-order chi connectivity index (χ0) is 8.85. The van der Waals surface area contributed by atoms with Crippen molar-refractivity contribution >= 4 is 0 Å². The summed E-state index contributed by atoms with van der Waals surface area (Å²) < 4.78 is 0. The first-order valence-corrected chi connectivity index (χ1v) is 4.62. The molecule has 1 saturated carbocycles. The molecule has 0 amide bonds. The fourth-order valence-corrected chi connectivity index (χ4v) is 1.62. The normalized spacial score (nSPS) is 37.4. The van der Waals surface area contributed by atoms with Crippen LogP contribution in [0.4, 0.5) is 0 Å². The molecule has 0 aromatic heterocycles. The van der Waals surface area contributed by atoms with Crippen molar-refractivity contribution in [3.05, 3.63) is 0 Å². The molecule has 0 aromatic carbocycles. The minimum absolute atomic E-state index is 0.135. The Labute approximate surface area is 69.8 Å². The second-order valence-corrected chi connectivity index (χ2v) is 3.23. The highest BCUT2D eigenvalue weighted by Gasteiger charge is 2.21. The number of aliphatic hydroxyl groups is 1. The van der Waals surface area contributed by atoms with Crippen LogP contribution >= 0.6 is 0 Å². The smallest absolute Gasteiger partial charge is 0.0557 e. The second-order valence-electron chi connectivity index (χ2n) is 3.23. The van der Waals surface area contributed by atoms with Crippen LogP contribution in [0.3, 0.4) is 0 Å². The lowest BCUT2D eigenvalue weighted by molar-refractivity contribution is 0.0959. The van der Waals surface area contributed by atoms with E-state index in [9.17, 15) is 5.11 Å². The quantitative estimate of drug-likeness (QED) is 0.563. The van der Waals surface area contributed by atoms with E-state index >= 15 is 0 Å². The number of hydrogen-bond acceptors (Lipinski definition) is 2. The summed E-state index contributed by atoms with van der Waals surface area (Å²) in [5.74, 6) is 0.615. The fraction of sp³-hybridized carbons (Fsp3) is 1.00. The van der Waals surface area contributed by atoms with E-state index in [1.165, 1.54) is 0 Å². The molecule has 0 radical (unpaired) electrons. The Bertz CT molecular complexity index is 70.5. The fourth-order valence-electron chi connectivity index (χ4n) is 1.62. The molecule has 0 heterocycles. The van der Waals surface area contributed by atoms with Gasteiger partial charge in [-0.3, -0.25) is 0 Å². The Morgan fingerprint density at radius 3 is 2.09 bits per heavy atom. The van der Waals surface area contributed by atoms with Crippen molar-refractivity contribution < 1.29 is 5.11 Å². The third kappa shape index (κ3) is 4.38. The molecular weight excluding hydrogens is 138 g/mol. The van der Waals surface area contributed by atoms with Crippen molar-refractivity contribution in [2.45, 2.75) is 52.2 Å². The van der Waals surface area contributed by atoms with Gasteiger partial charge in [0.2, 0.25) is 0 Å². The van der Waals surface area contributed by atoms with E-state index in [0.29, 0.717) is 5.92 Å². The summed E-state index contributed by atoms with van der Waals surface area (Å²) >= 11 is 0. The molecule has 1 fully saturated rings. The molecule has 1 aliphatic rings. The van der Waals surface area contributed by atoms with Crippen LogP contribution in [-0.2, 0) is 0 Å². The minimum atomic E-state index is -0.135. The SMILES string of the molecule is CC.CC1CC(N)CC(O)C1. The van der Waals surface area contributed by atoms with Crippen LogP contribution in [0.1, 0.15) is 40.0 Å². The van der Waals surface area contributed by atoms with E-state index < -0.39 is 0 Å². The van der Waals surface area contributed by atoms with E-state index in [2.05, 4.69) is 6.92 Å². The van der Waals surface area contributed by atoms with E-state index in [-0.39, 0.29) is 12.1 Å². The maximum absolute atomic E-state index is 9.17. The first-order valence-electron chi connectivity index (χ1n) is 4.62. The van der Waals surface area contributed by atoms with Gasteiger partial charge in [-0.2, -0.15) is 0 Å². The zero-order valence-corrected chi connectivity index (χ0v) is 7.88. The molecule has 0 aliphatic heterocycles. The predicted molar refractivity (Wildman–Crippen MR) is 48.3 cm³/mol. The van der Waals surface area contributed by atoms with Gasteiger partial charge in [-0.15, -0.1) is 0 Å². The van der Waals surface area contributed by atoms with Gasteiger partial charge in [-0.1, -0.05) is 20.8 Å². The molecule has 3 N–H and O–H groups in total. The van der Waals surface area contributed by atoms with Crippen molar-refractivity contribution in [3.8, 4) is 0 Å². The van der Waals surface area contributed by atoms with Crippen molar-refractivity contribution in [3.63, 3.8) is 0 Å².